The minimum atomic E-state index is -0.546. The fraction of sp³-hybridized carbons (Fsp3) is 0.167. The number of nitro groups is 1. The van der Waals surface area contributed by atoms with Crippen LogP contribution in [-0.2, 0) is 4.74 Å². The van der Waals surface area contributed by atoms with E-state index in [1.165, 1.54) is 12.1 Å². The van der Waals surface area contributed by atoms with Crippen LogP contribution in [0.25, 0.3) is 0 Å². The van der Waals surface area contributed by atoms with Crippen molar-refractivity contribution in [1.82, 2.24) is 5.32 Å². The van der Waals surface area contributed by atoms with E-state index in [4.69, 9.17) is 33.3 Å². The number of ether oxygens (including phenoxy) is 2. The number of carbonyl (C=O) groups excluding carboxylic acids is 1. The Morgan fingerprint density at radius 2 is 1.66 bits per heavy atom. The predicted octanol–water partition coefficient (Wildman–Crippen LogP) is 5.00. The minimum absolute atomic E-state index is 0.0563. The van der Waals surface area contributed by atoms with Crippen LogP contribution in [-0.4, -0.2) is 42.2 Å². The molecule has 0 radical (unpaired) electrons. The summed E-state index contributed by atoms with van der Waals surface area (Å²) < 4.78 is 11.1. The molecule has 0 atom stereocenters. The third-order valence-electron chi connectivity index (χ3n) is 5.18. The largest absolute Gasteiger partial charge is 0.457 e. The molecule has 0 aromatic heterocycles. The number of amides is 1. The van der Waals surface area contributed by atoms with Gasteiger partial charge < -0.3 is 19.7 Å². The normalized spacial score (nSPS) is 13.1. The number of benzene rings is 3. The highest BCUT2D eigenvalue weighted by Crippen LogP contribution is 2.27. The van der Waals surface area contributed by atoms with Crippen LogP contribution in [0.1, 0.15) is 10.4 Å². The molecule has 1 aliphatic heterocycles. The molecular weight excluding hydrogens is 492 g/mol. The second-order valence-corrected chi connectivity index (χ2v) is 8.39. The zero-order valence-corrected chi connectivity index (χ0v) is 20.0. The molecule has 1 fully saturated rings. The van der Waals surface area contributed by atoms with Gasteiger partial charge in [-0.2, -0.15) is 0 Å². The molecule has 0 saturated carbocycles. The van der Waals surface area contributed by atoms with E-state index in [0.717, 1.165) is 0 Å². The van der Waals surface area contributed by atoms with E-state index in [-0.39, 0.29) is 16.4 Å². The number of nitro benzene ring substituents is 1. The number of anilines is 2. The maximum Gasteiger partial charge on any atom is 0.270 e. The first-order valence-corrected chi connectivity index (χ1v) is 11.4. The Kier molecular flexibility index (Phi) is 7.76. The second kappa shape index (κ2) is 11.1. The lowest BCUT2D eigenvalue weighted by Gasteiger charge is -2.30. The zero-order chi connectivity index (χ0) is 24.8. The summed E-state index contributed by atoms with van der Waals surface area (Å²) in [6, 6.07) is 18.2. The van der Waals surface area contributed by atoms with Crippen LogP contribution in [0.15, 0.2) is 66.7 Å². The number of hydrogen-bond acceptors (Lipinski definition) is 7. The summed E-state index contributed by atoms with van der Waals surface area (Å²) in [5.74, 6) is 0.709. The van der Waals surface area contributed by atoms with Crippen LogP contribution in [0.3, 0.4) is 0 Å². The Morgan fingerprint density at radius 1 is 1.03 bits per heavy atom. The van der Waals surface area contributed by atoms with Gasteiger partial charge in [0.05, 0.1) is 29.4 Å². The van der Waals surface area contributed by atoms with Gasteiger partial charge in [0, 0.05) is 35.9 Å². The van der Waals surface area contributed by atoms with Crippen LogP contribution in [0, 0.1) is 10.1 Å². The first kappa shape index (κ1) is 24.4. The summed E-state index contributed by atoms with van der Waals surface area (Å²) >= 11 is 11.2. The van der Waals surface area contributed by atoms with Gasteiger partial charge in [-0.1, -0.05) is 11.6 Å². The van der Waals surface area contributed by atoms with Gasteiger partial charge in [-0.15, -0.1) is 0 Å². The molecule has 0 bridgehead atoms. The third kappa shape index (κ3) is 6.44. The molecule has 11 heteroatoms. The molecule has 1 aliphatic rings. The standard InChI is InChI=1S/C24H21ClN4O5S/c25-16-1-6-19(7-2-16)34-20-8-3-17(4-9-20)26-24(35)27-23(30)21-15-18(29(31)32)5-10-22(21)28-11-13-33-14-12-28/h1-10,15H,11-14H2,(H2,26,27,30,35). The van der Waals surface area contributed by atoms with Crippen molar-refractivity contribution in [2.75, 3.05) is 36.5 Å². The van der Waals surface area contributed by atoms with E-state index in [0.29, 0.717) is 54.2 Å². The van der Waals surface area contributed by atoms with Crippen molar-refractivity contribution in [3.05, 3.63) is 87.4 Å². The third-order valence-corrected chi connectivity index (χ3v) is 5.63. The fourth-order valence-corrected chi connectivity index (χ4v) is 3.81. The van der Waals surface area contributed by atoms with Gasteiger partial charge in [-0.05, 0) is 66.8 Å². The number of hydrogen-bond donors (Lipinski definition) is 2. The average Bonchev–Trinajstić information content (AvgIpc) is 2.86. The summed E-state index contributed by atoms with van der Waals surface area (Å²) in [4.78, 5) is 25.7. The number of thiocarbonyl (C=S) groups is 1. The highest BCUT2D eigenvalue weighted by atomic mass is 35.5. The van der Waals surface area contributed by atoms with E-state index in [1.807, 2.05) is 4.90 Å². The van der Waals surface area contributed by atoms with Crippen LogP contribution < -0.4 is 20.3 Å². The van der Waals surface area contributed by atoms with E-state index in [1.54, 1.807) is 54.6 Å². The lowest BCUT2D eigenvalue weighted by Crippen LogP contribution is -2.39. The number of carbonyl (C=O) groups is 1. The summed E-state index contributed by atoms with van der Waals surface area (Å²) in [6.07, 6.45) is 0. The molecule has 35 heavy (non-hydrogen) atoms. The first-order chi connectivity index (χ1) is 16.9. The van der Waals surface area contributed by atoms with Gasteiger partial charge in [-0.25, -0.2) is 0 Å². The van der Waals surface area contributed by atoms with Gasteiger partial charge in [0.15, 0.2) is 5.11 Å². The highest BCUT2D eigenvalue weighted by Gasteiger charge is 2.22. The summed E-state index contributed by atoms with van der Waals surface area (Å²) in [5.41, 5.74) is 1.20. The van der Waals surface area contributed by atoms with Gasteiger partial charge in [0.2, 0.25) is 0 Å². The monoisotopic (exact) mass is 512 g/mol. The topological polar surface area (TPSA) is 106 Å². The first-order valence-electron chi connectivity index (χ1n) is 10.7. The lowest BCUT2D eigenvalue weighted by atomic mass is 10.1. The Labute approximate surface area is 211 Å². The second-order valence-electron chi connectivity index (χ2n) is 7.55. The summed E-state index contributed by atoms with van der Waals surface area (Å²) in [6.45, 7) is 2.17. The van der Waals surface area contributed by atoms with Gasteiger partial charge in [-0.3, -0.25) is 20.2 Å². The smallest absolute Gasteiger partial charge is 0.270 e. The quantitative estimate of drug-likeness (QED) is 0.270. The van der Waals surface area contributed by atoms with Crippen LogP contribution in [0.2, 0.25) is 5.02 Å². The Bertz CT molecular complexity index is 1230. The van der Waals surface area contributed by atoms with Crippen molar-refractivity contribution in [3.8, 4) is 11.5 Å². The van der Waals surface area contributed by atoms with Gasteiger partial charge >= 0.3 is 0 Å². The number of nitrogens with zero attached hydrogens (tertiary/aromatic N) is 2. The maximum atomic E-state index is 13.0. The van der Waals surface area contributed by atoms with E-state index in [2.05, 4.69) is 10.6 Å². The number of rotatable bonds is 6. The average molecular weight is 513 g/mol. The van der Waals surface area contributed by atoms with E-state index >= 15 is 0 Å². The molecule has 1 amide bonds. The highest BCUT2D eigenvalue weighted by molar-refractivity contribution is 7.80. The molecule has 0 aliphatic carbocycles. The minimum Gasteiger partial charge on any atom is -0.457 e. The van der Waals surface area contributed by atoms with Crippen molar-refractivity contribution in [2.45, 2.75) is 0 Å². The molecule has 0 unspecified atom stereocenters. The number of nitrogens with one attached hydrogen (secondary N) is 2. The fourth-order valence-electron chi connectivity index (χ4n) is 3.48. The molecule has 1 saturated heterocycles. The van der Waals surface area contributed by atoms with Crippen molar-refractivity contribution < 1.29 is 19.2 Å². The predicted molar refractivity (Wildman–Crippen MR) is 138 cm³/mol. The molecule has 9 nitrogen and oxygen atoms in total. The molecule has 0 spiro atoms. The number of halogens is 1. The molecule has 1 heterocycles. The van der Waals surface area contributed by atoms with Gasteiger partial charge in [0.1, 0.15) is 11.5 Å². The molecule has 3 aromatic carbocycles. The zero-order valence-electron chi connectivity index (χ0n) is 18.4. The SMILES string of the molecule is O=C(NC(=S)Nc1ccc(Oc2ccc(Cl)cc2)cc1)c1cc([N+](=O)[O-])ccc1N1CCOCC1. The number of morpholine rings is 1. The summed E-state index contributed by atoms with van der Waals surface area (Å²) in [5, 5.41) is 17.5. The van der Waals surface area contributed by atoms with Crippen molar-refractivity contribution >= 4 is 51.9 Å². The van der Waals surface area contributed by atoms with E-state index < -0.39 is 10.8 Å². The molecular formula is C24H21ClN4O5S. The van der Waals surface area contributed by atoms with E-state index in [9.17, 15) is 14.9 Å². The lowest BCUT2D eigenvalue weighted by molar-refractivity contribution is -0.384. The van der Waals surface area contributed by atoms with Crippen molar-refractivity contribution in [3.63, 3.8) is 0 Å². The molecule has 2 N–H and O–H groups in total. The van der Waals surface area contributed by atoms with Crippen LogP contribution in [0.5, 0.6) is 11.5 Å². The van der Waals surface area contributed by atoms with Gasteiger partial charge in [0.25, 0.3) is 11.6 Å². The Morgan fingerprint density at radius 3 is 2.29 bits per heavy atom. The van der Waals surface area contributed by atoms with Crippen LogP contribution >= 0.6 is 23.8 Å². The maximum absolute atomic E-state index is 13.0. The van der Waals surface area contributed by atoms with Crippen molar-refractivity contribution in [1.29, 1.82) is 0 Å². The molecule has 3 aromatic rings. The Hall–Kier alpha value is -3.73. The molecule has 4 rings (SSSR count). The van der Waals surface area contributed by atoms with Crippen LogP contribution in [0.4, 0.5) is 17.1 Å². The summed E-state index contributed by atoms with van der Waals surface area (Å²) in [7, 11) is 0. The van der Waals surface area contributed by atoms with Crippen molar-refractivity contribution in [2.24, 2.45) is 0 Å². The number of non-ortho nitro benzene ring substituents is 1. The molecule has 180 valence electrons. The Balaban J connectivity index is 1.42.